The Morgan fingerprint density at radius 1 is 1.11 bits per heavy atom. The Balaban J connectivity index is 2.16. The average Bonchev–Trinajstić information content (AvgIpc) is 2.37. The zero-order chi connectivity index (χ0) is 13.8. The fourth-order valence-electron chi connectivity index (χ4n) is 3.56. The molecule has 2 heteroatoms. The molecule has 1 aliphatic rings. The zero-order valence-electron chi connectivity index (χ0n) is 12.6. The van der Waals surface area contributed by atoms with E-state index in [0.717, 1.165) is 0 Å². The van der Waals surface area contributed by atoms with E-state index < -0.39 is 0 Å². The third-order valence-corrected chi connectivity index (χ3v) is 4.36. The van der Waals surface area contributed by atoms with Crippen LogP contribution in [0.5, 0.6) is 0 Å². The van der Waals surface area contributed by atoms with Crippen molar-refractivity contribution in [3.8, 4) is 0 Å². The van der Waals surface area contributed by atoms with E-state index in [1.54, 1.807) is 0 Å². The first-order valence-electron chi connectivity index (χ1n) is 7.65. The zero-order valence-corrected chi connectivity index (χ0v) is 12.6. The van der Waals surface area contributed by atoms with E-state index in [-0.39, 0.29) is 0 Å². The van der Waals surface area contributed by atoms with Gasteiger partial charge >= 0.3 is 0 Å². The summed E-state index contributed by atoms with van der Waals surface area (Å²) < 4.78 is 0. The van der Waals surface area contributed by atoms with E-state index in [1.807, 2.05) is 0 Å². The number of rotatable bonds is 4. The Kier molecular flexibility index (Phi) is 5.00. The van der Waals surface area contributed by atoms with Crippen molar-refractivity contribution in [1.29, 1.82) is 0 Å². The largest absolute Gasteiger partial charge is 0.329 e. The van der Waals surface area contributed by atoms with Crippen molar-refractivity contribution in [3.63, 3.8) is 0 Å². The van der Waals surface area contributed by atoms with E-state index >= 15 is 0 Å². The molecule has 0 saturated heterocycles. The molecule has 0 radical (unpaired) electrons. The first-order chi connectivity index (χ1) is 9.11. The normalized spacial score (nSPS) is 18.5. The Hall–Kier alpha value is -0.860. The van der Waals surface area contributed by atoms with Crippen LogP contribution in [-0.4, -0.2) is 12.6 Å². The maximum Gasteiger partial charge on any atom is 0.0451 e. The monoisotopic (exact) mass is 260 g/mol. The molecule has 2 nitrogen and oxygen atoms in total. The van der Waals surface area contributed by atoms with Gasteiger partial charge < -0.3 is 11.1 Å². The number of hydrogen-bond donors (Lipinski definition) is 2. The van der Waals surface area contributed by atoms with Crippen molar-refractivity contribution in [2.75, 3.05) is 6.54 Å². The molecule has 0 aliphatic heterocycles. The molecule has 0 amide bonds. The van der Waals surface area contributed by atoms with Gasteiger partial charge in [0.1, 0.15) is 0 Å². The highest BCUT2D eigenvalue weighted by molar-refractivity contribution is 5.39. The summed E-state index contributed by atoms with van der Waals surface area (Å²) in [6.45, 7) is 7.26. The molecular weight excluding hydrogens is 232 g/mol. The van der Waals surface area contributed by atoms with Crippen LogP contribution in [-0.2, 0) is 0 Å². The summed E-state index contributed by atoms with van der Waals surface area (Å²) in [5, 5.41) is 3.80. The maximum atomic E-state index is 6.04. The maximum absolute atomic E-state index is 6.04. The highest BCUT2D eigenvalue weighted by atomic mass is 15.0. The summed E-state index contributed by atoms with van der Waals surface area (Å²) >= 11 is 0. The van der Waals surface area contributed by atoms with E-state index in [4.69, 9.17) is 5.73 Å². The van der Waals surface area contributed by atoms with Crippen molar-refractivity contribution in [3.05, 3.63) is 34.4 Å². The number of nitrogens with one attached hydrogen (secondary N) is 1. The van der Waals surface area contributed by atoms with Gasteiger partial charge in [0.25, 0.3) is 0 Å². The smallest absolute Gasteiger partial charge is 0.0451 e. The minimum atomic E-state index is 0.309. The fourth-order valence-corrected chi connectivity index (χ4v) is 3.56. The molecule has 1 saturated carbocycles. The van der Waals surface area contributed by atoms with Crippen LogP contribution < -0.4 is 11.1 Å². The van der Waals surface area contributed by atoms with Gasteiger partial charge in [-0.2, -0.15) is 0 Å². The predicted octanol–water partition coefficient (Wildman–Crippen LogP) is 3.53. The van der Waals surface area contributed by atoms with E-state index in [9.17, 15) is 0 Å². The SMILES string of the molecule is Cc1cc(C)c(C(CN)NC2CCCCC2)c(C)c1. The molecule has 106 valence electrons. The Morgan fingerprint density at radius 3 is 2.21 bits per heavy atom. The molecule has 1 aromatic carbocycles. The van der Waals surface area contributed by atoms with E-state index in [1.165, 1.54) is 54.4 Å². The van der Waals surface area contributed by atoms with Crippen LogP contribution in [0.1, 0.15) is 60.4 Å². The van der Waals surface area contributed by atoms with Gasteiger partial charge in [-0.25, -0.2) is 0 Å². The summed E-state index contributed by atoms with van der Waals surface area (Å²) in [6.07, 6.45) is 6.73. The van der Waals surface area contributed by atoms with Crippen LogP contribution in [0.25, 0.3) is 0 Å². The summed E-state index contributed by atoms with van der Waals surface area (Å²) in [4.78, 5) is 0. The first kappa shape index (κ1) is 14.5. The minimum Gasteiger partial charge on any atom is -0.329 e. The fraction of sp³-hybridized carbons (Fsp3) is 0.647. The molecule has 0 bridgehead atoms. The minimum absolute atomic E-state index is 0.309. The van der Waals surface area contributed by atoms with E-state index in [2.05, 4.69) is 38.2 Å². The van der Waals surface area contributed by atoms with Crippen LogP contribution in [0.3, 0.4) is 0 Å². The molecule has 0 heterocycles. The van der Waals surface area contributed by atoms with Gasteiger partial charge in [-0.1, -0.05) is 37.0 Å². The van der Waals surface area contributed by atoms with Crippen molar-refractivity contribution >= 4 is 0 Å². The molecule has 0 aromatic heterocycles. The lowest BCUT2D eigenvalue weighted by Crippen LogP contribution is -2.38. The molecule has 1 aromatic rings. The average molecular weight is 260 g/mol. The van der Waals surface area contributed by atoms with Gasteiger partial charge in [0.15, 0.2) is 0 Å². The van der Waals surface area contributed by atoms with Gasteiger partial charge in [-0.15, -0.1) is 0 Å². The summed E-state index contributed by atoms with van der Waals surface area (Å²) in [6, 6.07) is 5.51. The van der Waals surface area contributed by atoms with Crippen molar-refractivity contribution < 1.29 is 0 Å². The van der Waals surface area contributed by atoms with Crippen LogP contribution >= 0.6 is 0 Å². The number of benzene rings is 1. The summed E-state index contributed by atoms with van der Waals surface area (Å²) in [7, 11) is 0. The van der Waals surface area contributed by atoms with Crippen LogP contribution in [0.15, 0.2) is 12.1 Å². The topological polar surface area (TPSA) is 38.0 Å². The molecule has 1 atom stereocenters. The van der Waals surface area contributed by atoms with Crippen LogP contribution in [0.2, 0.25) is 0 Å². The number of aryl methyl sites for hydroxylation is 3. The third-order valence-electron chi connectivity index (χ3n) is 4.36. The van der Waals surface area contributed by atoms with Crippen molar-refractivity contribution in [2.24, 2.45) is 5.73 Å². The second-order valence-electron chi connectivity index (χ2n) is 6.10. The quantitative estimate of drug-likeness (QED) is 0.869. The lowest BCUT2D eigenvalue weighted by molar-refractivity contribution is 0.339. The highest BCUT2D eigenvalue weighted by Gasteiger charge is 2.20. The standard InChI is InChI=1S/C17H28N2/c1-12-9-13(2)17(14(3)10-12)16(11-18)19-15-7-5-4-6-8-15/h9-10,15-16,19H,4-8,11,18H2,1-3H3. The first-order valence-corrected chi connectivity index (χ1v) is 7.65. The van der Waals surface area contributed by atoms with E-state index in [0.29, 0.717) is 18.6 Å². The molecular formula is C17H28N2. The van der Waals surface area contributed by atoms with Crippen molar-refractivity contribution in [1.82, 2.24) is 5.32 Å². The number of hydrogen-bond acceptors (Lipinski definition) is 2. The predicted molar refractivity (Wildman–Crippen MR) is 82.5 cm³/mol. The molecule has 3 N–H and O–H groups in total. The Bertz CT molecular complexity index is 396. The van der Waals surface area contributed by atoms with Crippen LogP contribution in [0.4, 0.5) is 0 Å². The Labute approximate surface area is 117 Å². The van der Waals surface area contributed by atoms with Gasteiger partial charge in [-0.05, 0) is 50.3 Å². The summed E-state index contributed by atoms with van der Waals surface area (Å²) in [5.74, 6) is 0. The Morgan fingerprint density at radius 2 is 1.68 bits per heavy atom. The summed E-state index contributed by atoms with van der Waals surface area (Å²) in [5.41, 5.74) is 11.5. The molecule has 1 aliphatic carbocycles. The number of nitrogens with two attached hydrogens (primary N) is 1. The van der Waals surface area contributed by atoms with Gasteiger partial charge in [0.2, 0.25) is 0 Å². The second-order valence-corrected chi connectivity index (χ2v) is 6.10. The molecule has 0 spiro atoms. The second kappa shape index (κ2) is 6.53. The third kappa shape index (κ3) is 3.58. The lowest BCUT2D eigenvalue weighted by atomic mass is 9.90. The van der Waals surface area contributed by atoms with Gasteiger partial charge in [0, 0.05) is 18.6 Å². The van der Waals surface area contributed by atoms with Crippen molar-refractivity contribution in [2.45, 2.75) is 65.0 Å². The molecule has 2 rings (SSSR count). The highest BCUT2D eigenvalue weighted by Crippen LogP contribution is 2.26. The lowest BCUT2D eigenvalue weighted by Gasteiger charge is -2.30. The van der Waals surface area contributed by atoms with Gasteiger partial charge in [-0.3, -0.25) is 0 Å². The molecule has 1 unspecified atom stereocenters. The van der Waals surface area contributed by atoms with Gasteiger partial charge in [0.05, 0.1) is 0 Å². The molecule has 19 heavy (non-hydrogen) atoms. The molecule has 1 fully saturated rings. The van der Waals surface area contributed by atoms with Crippen LogP contribution in [0, 0.1) is 20.8 Å².